The summed E-state index contributed by atoms with van der Waals surface area (Å²) in [6.45, 7) is 4.16. The SMILES string of the molecule is O=C1CCC(N2C(=O)c3ccc(N4CCC(F)(CN5CCN(c6ncc(Cl)cn6)CC5)CC4)cc3C2=O)C(=O)N1. The number of nitrogens with zero attached hydrogens (tertiary/aromatic N) is 6. The molecule has 0 radical (unpaired) electrons. The molecule has 4 amide bonds. The van der Waals surface area contributed by atoms with Gasteiger partial charge in [0.15, 0.2) is 0 Å². The van der Waals surface area contributed by atoms with Crippen LogP contribution in [0, 0.1) is 0 Å². The van der Waals surface area contributed by atoms with Crippen LogP contribution in [0.1, 0.15) is 46.4 Å². The highest BCUT2D eigenvalue weighted by Crippen LogP contribution is 2.34. The number of halogens is 2. The number of amides is 4. The third-order valence-corrected chi connectivity index (χ3v) is 8.41. The molecule has 5 heterocycles. The Labute approximate surface area is 235 Å². The Balaban J connectivity index is 1.05. The number of carbonyl (C=O) groups excluding carboxylic acids is 4. The molecule has 4 aliphatic heterocycles. The topological polar surface area (TPSA) is 119 Å². The minimum atomic E-state index is -1.32. The number of rotatable bonds is 5. The molecule has 3 saturated heterocycles. The van der Waals surface area contributed by atoms with Crippen molar-refractivity contribution in [2.24, 2.45) is 0 Å². The van der Waals surface area contributed by atoms with Crippen LogP contribution >= 0.6 is 11.6 Å². The highest BCUT2D eigenvalue weighted by atomic mass is 35.5. The van der Waals surface area contributed by atoms with E-state index in [0.29, 0.717) is 69.6 Å². The molecule has 6 rings (SSSR count). The van der Waals surface area contributed by atoms with Crippen molar-refractivity contribution in [3.8, 4) is 0 Å². The number of piperazine rings is 1. The summed E-state index contributed by atoms with van der Waals surface area (Å²) in [7, 11) is 0. The molecule has 13 heteroatoms. The van der Waals surface area contributed by atoms with Crippen molar-refractivity contribution >= 4 is 46.9 Å². The number of aromatic nitrogens is 2. The lowest BCUT2D eigenvalue weighted by molar-refractivity contribution is -0.136. The number of imide groups is 2. The van der Waals surface area contributed by atoms with Crippen LogP contribution in [0.25, 0.3) is 0 Å². The molecule has 11 nitrogen and oxygen atoms in total. The van der Waals surface area contributed by atoms with Crippen LogP contribution in [0.4, 0.5) is 16.0 Å². The normalized spacial score (nSPS) is 23.4. The molecule has 4 aliphatic rings. The highest BCUT2D eigenvalue weighted by Gasteiger charge is 2.45. The van der Waals surface area contributed by atoms with E-state index in [1.54, 1.807) is 30.6 Å². The van der Waals surface area contributed by atoms with Gasteiger partial charge in [-0.3, -0.25) is 34.3 Å². The standard InChI is InChI=1S/C27H29ClFN7O4/c28-17-14-30-26(31-15-17)35-11-9-33(10-12-35)16-27(29)5-7-34(8-6-27)18-1-2-19-20(13-18)25(40)36(24(19)39)21-3-4-22(37)32-23(21)38/h1-2,13-15,21H,3-12,16H2,(H,32,37,38). The predicted molar refractivity (Wildman–Crippen MR) is 144 cm³/mol. The van der Waals surface area contributed by atoms with E-state index in [2.05, 4.69) is 25.1 Å². The van der Waals surface area contributed by atoms with Crippen molar-refractivity contribution in [2.75, 3.05) is 55.6 Å². The summed E-state index contributed by atoms with van der Waals surface area (Å²) in [5.74, 6) is -1.51. The summed E-state index contributed by atoms with van der Waals surface area (Å²) in [6, 6.07) is 4.01. The van der Waals surface area contributed by atoms with Gasteiger partial charge < -0.3 is 9.80 Å². The van der Waals surface area contributed by atoms with Crippen molar-refractivity contribution in [3.05, 3.63) is 46.7 Å². The average molecular weight is 570 g/mol. The first-order valence-electron chi connectivity index (χ1n) is 13.5. The molecule has 0 spiro atoms. The summed E-state index contributed by atoms with van der Waals surface area (Å²) >= 11 is 5.88. The fourth-order valence-electron chi connectivity index (χ4n) is 5.95. The first-order valence-corrected chi connectivity index (χ1v) is 13.8. The van der Waals surface area contributed by atoms with E-state index < -0.39 is 35.3 Å². The fourth-order valence-corrected chi connectivity index (χ4v) is 6.05. The van der Waals surface area contributed by atoms with E-state index in [4.69, 9.17) is 11.6 Å². The van der Waals surface area contributed by atoms with Crippen LogP contribution < -0.4 is 15.1 Å². The zero-order valence-corrected chi connectivity index (χ0v) is 22.6. The van der Waals surface area contributed by atoms with E-state index in [9.17, 15) is 19.2 Å². The second-order valence-electron chi connectivity index (χ2n) is 10.8. The summed E-state index contributed by atoms with van der Waals surface area (Å²) in [6.07, 6.45) is 4.02. The Morgan fingerprint density at radius 2 is 1.60 bits per heavy atom. The number of nitrogens with one attached hydrogen (secondary N) is 1. The minimum Gasteiger partial charge on any atom is -0.371 e. The molecule has 1 aromatic carbocycles. The Kier molecular flexibility index (Phi) is 6.91. The number of piperidine rings is 2. The number of fused-ring (bicyclic) bond motifs is 1. The lowest BCUT2D eigenvalue weighted by Crippen LogP contribution is -2.54. The molecule has 1 N–H and O–H groups in total. The molecule has 3 fully saturated rings. The molecular weight excluding hydrogens is 541 g/mol. The predicted octanol–water partition coefficient (Wildman–Crippen LogP) is 1.66. The van der Waals surface area contributed by atoms with E-state index >= 15 is 4.39 Å². The van der Waals surface area contributed by atoms with E-state index in [0.717, 1.165) is 10.6 Å². The lowest BCUT2D eigenvalue weighted by atomic mass is 9.92. The van der Waals surface area contributed by atoms with Gasteiger partial charge in [0.05, 0.1) is 28.5 Å². The highest BCUT2D eigenvalue weighted by molar-refractivity contribution is 6.30. The van der Waals surface area contributed by atoms with Gasteiger partial charge >= 0.3 is 0 Å². The second-order valence-corrected chi connectivity index (χ2v) is 11.2. The van der Waals surface area contributed by atoms with Gasteiger partial charge in [-0.25, -0.2) is 14.4 Å². The zero-order chi connectivity index (χ0) is 28.0. The number of carbonyl (C=O) groups is 4. The van der Waals surface area contributed by atoms with Gasteiger partial charge in [-0.2, -0.15) is 0 Å². The van der Waals surface area contributed by atoms with Crippen LogP contribution in [0.3, 0.4) is 0 Å². The molecule has 0 saturated carbocycles. The molecule has 210 valence electrons. The van der Waals surface area contributed by atoms with Gasteiger partial charge in [0.25, 0.3) is 11.8 Å². The molecule has 1 aromatic heterocycles. The number of anilines is 2. The van der Waals surface area contributed by atoms with Crippen LogP contribution in [-0.2, 0) is 9.59 Å². The van der Waals surface area contributed by atoms with E-state index in [1.807, 2.05) is 4.90 Å². The molecule has 1 unspecified atom stereocenters. The molecule has 2 aromatic rings. The fraction of sp³-hybridized carbons (Fsp3) is 0.481. The summed E-state index contributed by atoms with van der Waals surface area (Å²) in [4.78, 5) is 65.7. The molecular formula is C27H29ClFN7O4. The second kappa shape index (κ2) is 10.4. The first kappa shape index (κ1) is 26.6. The van der Waals surface area contributed by atoms with E-state index in [-0.39, 0.29) is 24.0 Å². The van der Waals surface area contributed by atoms with Gasteiger partial charge in [0.2, 0.25) is 17.8 Å². The maximum absolute atomic E-state index is 15.9. The molecule has 40 heavy (non-hydrogen) atoms. The monoisotopic (exact) mass is 569 g/mol. The first-order chi connectivity index (χ1) is 19.2. The van der Waals surface area contributed by atoms with Gasteiger partial charge in [0, 0.05) is 70.8 Å². The zero-order valence-electron chi connectivity index (χ0n) is 21.8. The number of hydrogen-bond acceptors (Lipinski definition) is 9. The largest absolute Gasteiger partial charge is 0.371 e. The van der Waals surface area contributed by atoms with Crippen LogP contribution in [0.2, 0.25) is 5.02 Å². The maximum atomic E-state index is 15.9. The van der Waals surface area contributed by atoms with Gasteiger partial charge in [-0.1, -0.05) is 11.6 Å². The van der Waals surface area contributed by atoms with Crippen LogP contribution in [0.5, 0.6) is 0 Å². The van der Waals surface area contributed by atoms with Crippen molar-refractivity contribution in [1.82, 2.24) is 25.1 Å². The number of hydrogen-bond donors (Lipinski definition) is 1. The Morgan fingerprint density at radius 3 is 2.27 bits per heavy atom. The minimum absolute atomic E-state index is 0.0697. The average Bonchev–Trinajstić information content (AvgIpc) is 3.19. The van der Waals surface area contributed by atoms with Gasteiger partial charge in [0.1, 0.15) is 11.7 Å². The summed E-state index contributed by atoms with van der Waals surface area (Å²) in [5, 5.41) is 2.69. The Bertz CT molecular complexity index is 1360. The Hall–Kier alpha value is -3.64. The van der Waals surface area contributed by atoms with Crippen molar-refractivity contribution in [3.63, 3.8) is 0 Å². The Morgan fingerprint density at radius 1 is 0.925 bits per heavy atom. The maximum Gasteiger partial charge on any atom is 0.262 e. The molecule has 0 bridgehead atoms. The van der Waals surface area contributed by atoms with Gasteiger partial charge in [-0.15, -0.1) is 0 Å². The quantitative estimate of drug-likeness (QED) is 0.536. The third-order valence-electron chi connectivity index (χ3n) is 8.22. The van der Waals surface area contributed by atoms with Crippen molar-refractivity contribution in [1.29, 1.82) is 0 Å². The van der Waals surface area contributed by atoms with E-state index in [1.165, 1.54) is 0 Å². The third kappa shape index (κ3) is 5.01. The van der Waals surface area contributed by atoms with Crippen molar-refractivity contribution < 1.29 is 23.6 Å². The molecule has 1 atom stereocenters. The molecule has 0 aliphatic carbocycles. The van der Waals surface area contributed by atoms with Crippen molar-refractivity contribution in [2.45, 2.75) is 37.4 Å². The lowest BCUT2D eigenvalue weighted by Gasteiger charge is -2.42. The van der Waals surface area contributed by atoms with Crippen LogP contribution in [0.15, 0.2) is 30.6 Å². The summed E-state index contributed by atoms with van der Waals surface area (Å²) in [5.41, 5.74) is -0.116. The number of benzene rings is 1. The van der Waals surface area contributed by atoms with Crippen LogP contribution in [-0.4, -0.2) is 101 Å². The smallest absolute Gasteiger partial charge is 0.262 e. The van der Waals surface area contributed by atoms with Gasteiger partial charge in [-0.05, 0) is 24.6 Å². The summed E-state index contributed by atoms with van der Waals surface area (Å²) < 4.78 is 15.9. The number of alkyl halides is 1.